The number of piperazine rings is 1. The van der Waals surface area contributed by atoms with Crippen molar-refractivity contribution >= 4 is 16.9 Å². The fraction of sp³-hybridized carbons (Fsp3) is 0.464. The molecule has 0 radical (unpaired) electrons. The van der Waals surface area contributed by atoms with E-state index in [4.69, 9.17) is 9.15 Å². The number of benzene rings is 2. The Morgan fingerprint density at radius 1 is 1.06 bits per heavy atom. The standard InChI is InChI=1S/C28H36FN3O3/c1-21(2)30-28(33)19-32-14-12-31(13-15-32)11-4-3-5-16-34-24-9-10-25-26(20-35-27(25)18-24)22-7-6-8-23(29)17-22/h6-10,17-18,20-21H,3-5,11-16,19H2,1-2H3,(H,30,33). The number of nitrogens with zero attached hydrogens (tertiary/aromatic N) is 2. The highest BCUT2D eigenvalue weighted by atomic mass is 19.1. The van der Waals surface area contributed by atoms with Crippen LogP contribution in [0.1, 0.15) is 33.1 Å². The van der Waals surface area contributed by atoms with Crippen molar-refractivity contribution in [1.82, 2.24) is 15.1 Å². The van der Waals surface area contributed by atoms with Crippen LogP contribution in [0.5, 0.6) is 5.75 Å². The van der Waals surface area contributed by atoms with Crippen LogP contribution in [0.2, 0.25) is 0 Å². The van der Waals surface area contributed by atoms with Crippen molar-refractivity contribution in [2.75, 3.05) is 45.9 Å². The molecule has 0 bridgehead atoms. The van der Waals surface area contributed by atoms with Gasteiger partial charge in [-0.25, -0.2) is 4.39 Å². The van der Waals surface area contributed by atoms with Crippen molar-refractivity contribution in [3.63, 3.8) is 0 Å². The van der Waals surface area contributed by atoms with Gasteiger partial charge in [-0.1, -0.05) is 12.1 Å². The lowest BCUT2D eigenvalue weighted by atomic mass is 10.0. The molecular formula is C28H36FN3O3. The van der Waals surface area contributed by atoms with Crippen LogP contribution in [0.4, 0.5) is 4.39 Å². The lowest BCUT2D eigenvalue weighted by Crippen LogP contribution is -2.50. The highest BCUT2D eigenvalue weighted by Gasteiger charge is 2.18. The Morgan fingerprint density at radius 2 is 1.86 bits per heavy atom. The first-order valence-corrected chi connectivity index (χ1v) is 12.6. The number of fused-ring (bicyclic) bond motifs is 1. The SMILES string of the molecule is CC(C)NC(=O)CN1CCN(CCCCCOc2ccc3c(-c4cccc(F)c4)coc3c2)CC1. The van der Waals surface area contributed by atoms with E-state index in [-0.39, 0.29) is 17.8 Å². The predicted octanol–water partition coefficient (Wildman–Crippen LogP) is 4.93. The van der Waals surface area contributed by atoms with E-state index in [1.165, 1.54) is 12.1 Å². The first kappa shape index (κ1) is 25.2. The number of amides is 1. The van der Waals surface area contributed by atoms with Gasteiger partial charge in [-0.05, 0) is 69.5 Å². The molecule has 1 saturated heterocycles. The summed E-state index contributed by atoms with van der Waals surface area (Å²) in [7, 11) is 0. The normalized spacial score (nSPS) is 15.1. The zero-order valence-electron chi connectivity index (χ0n) is 20.8. The number of furan rings is 1. The van der Waals surface area contributed by atoms with Crippen LogP contribution in [0.15, 0.2) is 53.1 Å². The van der Waals surface area contributed by atoms with E-state index in [2.05, 4.69) is 15.1 Å². The lowest BCUT2D eigenvalue weighted by molar-refractivity contribution is -0.123. The number of carbonyl (C=O) groups excluding carboxylic acids is 1. The summed E-state index contributed by atoms with van der Waals surface area (Å²) in [6, 6.07) is 12.6. The van der Waals surface area contributed by atoms with Crippen molar-refractivity contribution in [1.29, 1.82) is 0 Å². The molecule has 3 aromatic rings. The van der Waals surface area contributed by atoms with E-state index in [0.29, 0.717) is 13.2 Å². The zero-order valence-corrected chi connectivity index (χ0v) is 20.8. The van der Waals surface area contributed by atoms with Gasteiger partial charge in [0.1, 0.15) is 17.1 Å². The Hall–Kier alpha value is -2.90. The fourth-order valence-corrected chi connectivity index (χ4v) is 4.52. The minimum absolute atomic E-state index is 0.117. The summed E-state index contributed by atoms with van der Waals surface area (Å²) in [6.45, 7) is 10.2. The van der Waals surface area contributed by atoms with Crippen LogP contribution >= 0.6 is 0 Å². The van der Waals surface area contributed by atoms with Crippen LogP contribution in [-0.2, 0) is 4.79 Å². The molecule has 1 aliphatic heterocycles. The van der Waals surface area contributed by atoms with E-state index in [1.54, 1.807) is 12.3 Å². The Balaban J connectivity index is 1.13. The van der Waals surface area contributed by atoms with Crippen LogP contribution in [0.3, 0.4) is 0 Å². The molecule has 1 fully saturated rings. The summed E-state index contributed by atoms with van der Waals surface area (Å²) < 4.78 is 25.2. The van der Waals surface area contributed by atoms with E-state index in [1.807, 2.05) is 38.1 Å². The second-order valence-corrected chi connectivity index (χ2v) is 9.57. The topological polar surface area (TPSA) is 58.0 Å². The quantitative estimate of drug-likeness (QED) is 0.394. The van der Waals surface area contributed by atoms with Gasteiger partial charge in [-0.15, -0.1) is 0 Å². The van der Waals surface area contributed by atoms with E-state index in [0.717, 1.165) is 79.8 Å². The van der Waals surface area contributed by atoms with Gasteiger partial charge in [0.15, 0.2) is 0 Å². The summed E-state index contributed by atoms with van der Waals surface area (Å²) in [5.74, 6) is 0.646. The number of ether oxygens (including phenoxy) is 1. The molecule has 2 heterocycles. The maximum atomic E-state index is 13.6. The smallest absolute Gasteiger partial charge is 0.234 e. The molecule has 1 amide bonds. The first-order valence-electron chi connectivity index (χ1n) is 12.6. The molecule has 6 nitrogen and oxygen atoms in total. The summed E-state index contributed by atoms with van der Waals surface area (Å²) in [4.78, 5) is 16.6. The number of rotatable bonds is 11. The highest BCUT2D eigenvalue weighted by Crippen LogP contribution is 2.33. The Bertz CT molecular complexity index is 1110. The lowest BCUT2D eigenvalue weighted by Gasteiger charge is -2.34. The fourth-order valence-electron chi connectivity index (χ4n) is 4.52. The molecule has 0 unspecified atom stereocenters. The maximum Gasteiger partial charge on any atom is 0.234 e. The predicted molar refractivity (Wildman–Crippen MR) is 137 cm³/mol. The minimum Gasteiger partial charge on any atom is -0.493 e. The molecule has 4 rings (SSSR count). The van der Waals surface area contributed by atoms with Gasteiger partial charge in [0, 0.05) is 49.2 Å². The van der Waals surface area contributed by atoms with Gasteiger partial charge in [0.2, 0.25) is 5.91 Å². The highest BCUT2D eigenvalue weighted by molar-refractivity contribution is 5.94. The second kappa shape index (κ2) is 12.2. The van der Waals surface area contributed by atoms with Gasteiger partial charge >= 0.3 is 0 Å². The molecule has 0 saturated carbocycles. The Morgan fingerprint density at radius 3 is 2.63 bits per heavy atom. The summed E-state index contributed by atoms with van der Waals surface area (Å²) >= 11 is 0. The molecular weight excluding hydrogens is 445 g/mol. The number of hydrogen-bond acceptors (Lipinski definition) is 5. The zero-order chi connectivity index (χ0) is 24.6. The Labute approximate surface area is 207 Å². The largest absolute Gasteiger partial charge is 0.493 e. The number of unbranched alkanes of at least 4 members (excludes halogenated alkanes) is 2. The third-order valence-corrected chi connectivity index (χ3v) is 6.35. The average Bonchev–Trinajstić information content (AvgIpc) is 3.25. The van der Waals surface area contributed by atoms with Crippen molar-refractivity contribution < 1.29 is 18.3 Å². The summed E-state index contributed by atoms with van der Waals surface area (Å²) in [5, 5.41) is 3.91. The minimum atomic E-state index is -0.259. The van der Waals surface area contributed by atoms with Crippen molar-refractivity contribution in [3.05, 3.63) is 54.5 Å². The van der Waals surface area contributed by atoms with Crippen molar-refractivity contribution in [2.45, 2.75) is 39.2 Å². The van der Waals surface area contributed by atoms with Gasteiger partial charge < -0.3 is 19.4 Å². The number of nitrogens with one attached hydrogen (secondary N) is 1. The number of hydrogen-bond donors (Lipinski definition) is 1. The van der Waals surface area contributed by atoms with Gasteiger partial charge in [0.05, 0.1) is 19.4 Å². The van der Waals surface area contributed by atoms with Crippen molar-refractivity contribution in [2.24, 2.45) is 0 Å². The van der Waals surface area contributed by atoms with Gasteiger partial charge in [0.25, 0.3) is 0 Å². The number of carbonyl (C=O) groups is 1. The molecule has 0 aliphatic carbocycles. The second-order valence-electron chi connectivity index (χ2n) is 9.57. The van der Waals surface area contributed by atoms with Gasteiger partial charge in [-0.3, -0.25) is 9.69 Å². The van der Waals surface area contributed by atoms with Crippen LogP contribution in [0, 0.1) is 5.82 Å². The third-order valence-electron chi connectivity index (χ3n) is 6.35. The van der Waals surface area contributed by atoms with Crippen LogP contribution in [0.25, 0.3) is 22.1 Å². The molecule has 1 N–H and O–H groups in total. The Kier molecular flexibility index (Phi) is 8.77. The monoisotopic (exact) mass is 481 g/mol. The van der Waals surface area contributed by atoms with E-state index in [9.17, 15) is 9.18 Å². The summed E-state index contributed by atoms with van der Waals surface area (Å²) in [6.07, 6.45) is 4.93. The van der Waals surface area contributed by atoms with Gasteiger partial charge in [-0.2, -0.15) is 0 Å². The van der Waals surface area contributed by atoms with E-state index < -0.39 is 0 Å². The van der Waals surface area contributed by atoms with Crippen molar-refractivity contribution in [3.8, 4) is 16.9 Å². The molecule has 2 aromatic carbocycles. The molecule has 7 heteroatoms. The maximum absolute atomic E-state index is 13.6. The number of halogens is 1. The van der Waals surface area contributed by atoms with Crippen LogP contribution < -0.4 is 10.1 Å². The molecule has 1 aromatic heterocycles. The average molecular weight is 482 g/mol. The first-order chi connectivity index (χ1) is 17.0. The molecule has 1 aliphatic rings. The molecule has 188 valence electrons. The van der Waals surface area contributed by atoms with E-state index >= 15 is 0 Å². The van der Waals surface area contributed by atoms with Crippen LogP contribution in [-0.4, -0.2) is 67.6 Å². The summed E-state index contributed by atoms with van der Waals surface area (Å²) in [5.41, 5.74) is 2.42. The third kappa shape index (κ3) is 7.29. The molecule has 0 spiro atoms. The molecule has 35 heavy (non-hydrogen) atoms. The molecule has 0 atom stereocenters.